The summed E-state index contributed by atoms with van der Waals surface area (Å²) in [4.78, 5) is 0. The molecule has 1 aliphatic rings. The van der Waals surface area contributed by atoms with Gasteiger partial charge in [-0.2, -0.15) is 0 Å². The topological polar surface area (TPSA) is 92.3 Å². The van der Waals surface area contributed by atoms with Gasteiger partial charge in [-0.15, -0.1) is 11.3 Å². The van der Waals surface area contributed by atoms with Crippen LogP contribution in [0.2, 0.25) is 0 Å². The molecule has 2 unspecified atom stereocenters. The Kier molecular flexibility index (Phi) is 5.03. The average molecular weight is 367 g/mol. The first kappa shape index (κ1) is 17.9. The van der Waals surface area contributed by atoms with Crippen molar-refractivity contribution >= 4 is 31.2 Å². The van der Waals surface area contributed by atoms with Crippen LogP contribution in [0.5, 0.6) is 0 Å². The molecule has 0 aliphatic carbocycles. The lowest BCUT2D eigenvalue weighted by atomic mass is 10.1. The molecule has 0 amide bonds. The molecular formula is C13H22N2O4S3. The van der Waals surface area contributed by atoms with Gasteiger partial charge in [-0.05, 0) is 39.8 Å². The first-order chi connectivity index (χ1) is 10.1. The first-order valence-corrected chi connectivity index (χ1v) is 11.1. The van der Waals surface area contributed by atoms with Gasteiger partial charge in [-0.25, -0.2) is 21.6 Å². The van der Waals surface area contributed by atoms with Gasteiger partial charge in [0.1, 0.15) is 8.42 Å². The third kappa shape index (κ3) is 3.23. The lowest BCUT2D eigenvalue weighted by Gasteiger charge is -2.27. The minimum atomic E-state index is -3.68. The Morgan fingerprint density at radius 3 is 2.59 bits per heavy atom. The van der Waals surface area contributed by atoms with Crippen molar-refractivity contribution in [3.8, 4) is 0 Å². The van der Waals surface area contributed by atoms with Gasteiger partial charge in [0.15, 0.2) is 9.84 Å². The van der Waals surface area contributed by atoms with Crippen molar-refractivity contribution in [3.05, 3.63) is 11.6 Å². The van der Waals surface area contributed by atoms with Crippen LogP contribution in [0.1, 0.15) is 45.7 Å². The van der Waals surface area contributed by atoms with Crippen LogP contribution in [0, 0.1) is 0 Å². The number of nitrogens with one attached hydrogen (secondary N) is 2. The summed E-state index contributed by atoms with van der Waals surface area (Å²) in [5.41, 5.74) is 0.578. The number of thiophene rings is 1. The monoisotopic (exact) mass is 366 g/mol. The van der Waals surface area contributed by atoms with E-state index < -0.39 is 25.1 Å². The molecule has 126 valence electrons. The molecule has 0 saturated heterocycles. The summed E-state index contributed by atoms with van der Waals surface area (Å²) in [6, 6.07) is 1.13. The number of sulfone groups is 1. The van der Waals surface area contributed by atoms with Crippen molar-refractivity contribution in [1.82, 2.24) is 10.0 Å². The molecule has 2 atom stereocenters. The molecule has 2 N–H and O–H groups in total. The highest BCUT2D eigenvalue weighted by molar-refractivity contribution is 7.95. The molecule has 0 fully saturated rings. The Morgan fingerprint density at radius 2 is 2.05 bits per heavy atom. The minimum absolute atomic E-state index is 0.0618. The van der Waals surface area contributed by atoms with E-state index in [2.05, 4.69) is 10.0 Å². The molecule has 6 nitrogen and oxygen atoms in total. The largest absolute Gasteiger partial charge is 0.310 e. The fourth-order valence-corrected chi connectivity index (χ4v) is 7.81. The second-order valence-corrected chi connectivity index (χ2v) is 11.3. The van der Waals surface area contributed by atoms with E-state index in [-0.39, 0.29) is 20.5 Å². The summed E-state index contributed by atoms with van der Waals surface area (Å²) in [7, 11) is -7.14. The van der Waals surface area contributed by atoms with E-state index in [0.29, 0.717) is 18.5 Å². The molecule has 1 aliphatic heterocycles. The van der Waals surface area contributed by atoms with E-state index in [1.807, 2.05) is 6.92 Å². The Balaban J connectivity index is 2.56. The van der Waals surface area contributed by atoms with Crippen LogP contribution in [0.4, 0.5) is 0 Å². The van der Waals surface area contributed by atoms with Crippen molar-refractivity contribution in [2.45, 2.75) is 59.9 Å². The lowest BCUT2D eigenvalue weighted by molar-refractivity contribution is 0.477. The Hall–Kier alpha value is -0.480. The number of rotatable bonds is 5. The molecule has 2 heterocycles. The normalized spacial score (nSPS) is 24.4. The Labute approximate surface area is 136 Å². The van der Waals surface area contributed by atoms with E-state index in [1.165, 1.54) is 6.07 Å². The molecule has 1 aromatic heterocycles. The zero-order valence-electron chi connectivity index (χ0n) is 13.1. The standard InChI is InChI=1S/C13H22N2O4S3/c1-5-14-11-6-9(4)21(16,17)13-10(11)7-12(20-13)22(18,19)15-8(2)3/h7-9,11,14-15H,5-6H2,1-4H3. The highest BCUT2D eigenvalue weighted by atomic mass is 32.3. The van der Waals surface area contributed by atoms with Crippen molar-refractivity contribution in [2.24, 2.45) is 0 Å². The SMILES string of the molecule is CCNC1CC(C)S(=O)(=O)c2sc(S(=O)(=O)NC(C)C)cc21. The first-order valence-electron chi connectivity index (χ1n) is 7.23. The highest BCUT2D eigenvalue weighted by Crippen LogP contribution is 2.42. The molecule has 2 rings (SSSR count). The van der Waals surface area contributed by atoms with Crippen molar-refractivity contribution in [1.29, 1.82) is 0 Å². The fourth-order valence-electron chi connectivity index (χ4n) is 2.54. The maximum absolute atomic E-state index is 12.5. The van der Waals surface area contributed by atoms with E-state index >= 15 is 0 Å². The van der Waals surface area contributed by atoms with Crippen LogP contribution in [0.3, 0.4) is 0 Å². The van der Waals surface area contributed by atoms with Gasteiger partial charge in [-0.1, -0.05) is 6.92 Å². The van der Waals surface area contributed by atoms with Crippen molar-refractivity contribution in [2.75, 3.05) is 6.54 Å². The maximum Gasteiger partial charge on any atom is 0.250 e. The number of hydrogen-bond donors (Lipinski definition) is 2. The summed E-state index contributed by atoms with van der Waals surface area (Å²) in [6.07, 6.45) is 0.455. The molecule has 9 heteroatoms. The number of sulfonamides is 1. The van der Waals surface area contributed by atoms with Crippen LogP contribution in [0.15, 0.2) is 14.5 Å². The van der Waals surface area contributed by atoms with Crippen molar-refractivity contribution < 1.29 is 16.8 Å². The van der Waals surface area contributed by atoms with Crippen LogP contribution < -0.4 is 10.0 Å². The quantitative estimate of drug-likeness (QED) is 0.827. The molecule has 0 aromatic carbocycles. The van der Waals surface area contributed by atoms with Gasteiger partial charge in [0, 0.05) is 17.6 Å². The van der Waals surface area contributed by atoms with Gasteiger partial charge in [0.05, 0.1) is 5.25 Å². The van der Waals surface area contributed by atoms with Gasteiger partial charge >= 0.3 is 0 Å². The lowest BCUT2D eigenvalue weighted by Crippen LogP contribution is -2.33. The molecule has 0 saturated carbocycles. The summed E-state index contributed by atoms with van der Waals surface area (Å²) in [6.45, 7) is 7.76. The van der Waals surface area contributed by atoms with Crippen LogP contribution >= 0.6 is 11.3 Å². The van der Waals surface area contributed by atoms with Gasteiger partial charge in [-0.3, -0.25) is 0 Å². The van der Waals surface area contributed by atoms with E-state index in [9.17, 15) is 16.8 Å². The van der Waals surface area contributed by atoms with Gasteiger partial charge < -0.3 is 5.32 Å². The third-order valence-electron chi connectivity index (χ3n) is 3.54. The van der Waals surface area contributed by atoms with Gasteiger partial charge in [0.2, 0.25) is 10.0 Å². The smallest absolute Gasteiger partial charge is 0.250 e. The summed E-state index contributed by atoms with van der Waals surface area (Å²) < 4.78 is 52.3. The molecule has 0 spiro atoms. The predicted molar refractivity (Wildman–Crippen MR) is 87.5 cm³/mol. The fraction of sp³-hybridized carbons (Fsp3) is 0.692. The van der Waals surface area contributed by atoms with E-state index in [4.69, 9.17) is 0 Å². The highest BCUT2D eigenvalue weighted by Gasteiger charge is 2.39. The number of hydrogen-bond acceptors (Lipinski definition) is 6. The Morgan fingerprint density at radius 1 is 1.41 bits per heavy atom. The third-order valence-corrected chi connectivity index (χ3v) is 9.57. The average Bonchev–Trinajstić information content (AvgIpc) is 2.82. The maximum atomic E-state index is 12.5. The summed E-state index contributed by atoms with van der Waals surface area (Å²) >= 11 is 0.846. The predicted octanol–water partition coefficient (Wildman–Crippen LogP) is 1.65. The van der Waals surface area contributed by atoms with Gasteiger partial charge in [0.25, 0.3) is 0 Å². The van der Waals surface area contributed by atoms with Crippen LogP contribution in [-0.2, 0) is 19.9 Å². The summed E-state index contributed by atoms with van der Waals surface area (Å²) in [5.74, 6) is 0. The van der Waals surface area contributed by atoms with Crippen LogP contribution in [0.25, 0.3) is 0 Å². The minimum Gasteiger partial charge on any atom is -0.310 e. The van der Waals surface area contributed by atoms with Crippen molar-refractivity contribution in [3.63, 3.8) is 0 Å². The molecule has 1 aromatic rings. The summed E-state index contributed by atoms with van der Waals surface area (Å²) in [5, 5.41) is 2.72. The van der Waals surface area contributed by atoms with Crippen LogP contribution in [-0.4, -0.2) is 34.7 Å². The zero-order chi connectivity index (χ0) is 16.7. The molecule has 22 heavy (non-hydrogen) atoms. The molecular weight excluding hydrogens is 344 g/mol. The molecule has 0 bridgehead atoms. The second kappa shape index (κ2) is 6.20. The second-order valence-electron chi connectivity index (χ2n) is 5.79. The van der Waals surface area contributed by atoms with E-state index in [1.54, 1.807) is 20.8 Å². The Bertz CT molecular complexity index is 750. The zero-order valence-corrected chi connectivity index (χ0v) is 15.5. The molecule has 0 radical (unpaired) electrons. The van der Waals surface area contributed by atoms with E-state index in [0.717, 1.165) is 11.3 Å². The number of fused-ring (bicyclic) bond motifs is 1.